The second kappa shape index (κ2) is 12.0. The zero-order chi connectivity index (χ0) is 31.0. The molecule has 2 aromatic rings. The van der Waals surface area contributed by atoms with Crippen LogP contribution < -0.4 is 11.1 Å². The van der Waals surface area contributed by atoms with Crippen LogP contribution in [0.1, 0.15) is 73.9 Å². The highest BCUT2D eigenvalue weighted by molar-refractivity contribution is 7.89. The molecule has 0 aromatic heterocycles. The van der Waals surface area contributed by atoms with Crippen molar-refractivity contribution in [2.24, 2.45) is 11.1 Å². The van der Waals surface area contributed by atoms with Crippen molar-refractivity contribution in [1.82, 2.24) is 14.5 Å². The second-order valence-corrected chi connectivity index (χ2v) is 14.3. The van der Waals surface area contributed by atoms with Crippen LogP contribution in [0.5, 0.6) is 0 Å². The number of primary amides is 1. The number of hydrogen-bond donors (Lipinski definition) is 2. The fourth-order valence-corrected chi connectivity index (χ4v) is 7.42. The molecule has 1 unspecified atom stereocenters. The van der Waals surface area contributed by atoms with Crippen LogP contribution in [0.3, 0.4) is 0 Å². The van der Waals surface area contributed by atoms with Gasteiger partial charge in [0.25, 0.3) is 0 Å². The predicted octanol–water partition coefficient (Wildman–Crippen LogP) is 4.30. The Morgan fingerprint density at radius 1 is 1.10 bits per heavy atom. The number of piperazine rings is 1. The fourth-order valence-electron chi connectivity index (χ4n) is 5.82. The number of carbonyl (C=O) groups is 2. The summed E-state index contributed by atoms with van der Waals surface area (Å²) in [5.74, 6) is -1.47. The van der Waals surface area contributed by atoms with Crippen LogP contribution in [-0.4, -0.2) is 55.1 Å². The largest absolute Gasteiger partial charge is 0.416 e. The lowest BCUT2D eigenvalue weighted by Gasteiger charge is -2.44. The molecule has 8 nitrogen and oxygen atoms in total. The molecule has 0 spiro atoms. The van der Waals surface area contributed by atoms with Gasteiger partial charge < -0.3 is 16.0 Å². The van der Waals surface area contributed by atoms with Gasteiger partial charge >= 0.3 is 6.18 Å². The van der Waals surface area contributed by atoms with E-state index in [4.69, 9.17) is 5.73 Å². The summed E-state index contributed by atoms with van der Waals surface area (Å²) in [5, 5.41) is 3.47. The number of nitrogens with one attached hydrogen (secondary N) is 1. The molecule has 230 valence electrons. The van der Waals surface area contributed by atoms with Gasteiger partial charge in [0.05, 0.1) is 22.9 Å². The van der Waals surface area contributed by atoms with E-state index in [9.17, 15) is 31.2 Å². The van der Waals surface area contributed by atoms with Gasteiger partial charge in [0, 0.05) is 26.2 Å². The lowest BCUT2D eigenvalue weighted by Crippen LogP contribution is -2.60. The lowest BCUT2D eigenvalue weighted by atomic mass is 9.85. The summed E-state index contributed by atoms with van der Waals surface area (Å²) in [4.78, 5) is 26.9. The molecule has 12 heteroatoms. The highest BCUT2D eigenvalue weighted by Crippen LogP contribution is 2.39. The Morgan fingerprint density at radius 2 is 1.81 bits per heavy atom. The van der Waals surface area contributed by atoms with Crippen LogP contribution in [0.15, 0.2) is 41.3 Å². The van der Waals surface area contributed by atoms with E-state index in [-0.39, 0.29) is 30.1 Å². The molecule has 1 heterocycles. The lowest BCUT2D eigenvalue weighted by molar-refractivity contribution is -0.144. The summed E-state index contributed by atoms with van der Waals surface area (Å²) in [6.45, 7) is 9.13. The number of benzene rings is 2. The van der Waals surface area contributed by atoms with Crippen molar-refractivity contribution in [1.29, 1.82) is 0 Å². The van der Waals surface area contributed by atoms with Gasteiger partial charge in [0.15, 0.2) is 0 Å². The van der Waals surface area contributed by atoms with Crippen LogP contribution in [0.4, 0.5) is 13.2 Å². The Hall–Kier alpha value is -2.96. The third-order valence-electron chi connectivity index (χ3n) is 7.84. The first-order valence-electron chi connectivity index (χ1n) is 14.1. The SMILES string of the molecule is Cc1ccc(S(=O)(=O)N2CCN([C@@H]3CCCc4cc(CNCC(C)(C)C)ccc43)C(=O)C2CC(N)=O)cc1C(F)(F)F. The first-order valence-corrected chi connectivity index (χ1v) is 15.5. The zero-order valence-electron chi connectivity index (χ0n) is 24.4. The number of carbonyl (C=O) groups excluding carboxylic acids is 2. The number of nitrogens with two attached hydrogens (primary N) is 1. The standard InChI is InChI=1S/C30H39F3N4O4S/c1-19-8-10-22(15-24(19)30(31,32)33)42(40,41)37-13-12-36(28(39)26(37)16-27(34)38)25-7-5-6-21-14-20(9-11-23(21)25)17-35-18-29(2,3)4/h8-11,14-15,25-26,35H,5-7,12-13,16-18H2,1-4H3,(H2,34,38)/t25-,26?/m1/s1. The molecule has 4 rings (SSSR count). The third kappa shape index (κ3) is 6.98. The maximum Gasteiger partial charge on any atom is 0.416 e. The van der Waals surface area contributed by atoms with Gasteiger partial charge in [0.2, 0.25) is 21.8 Å². The first-order chi connectivity index (χ1) is 19.5. The van der Waals surface area contributed by atoms with Crippen LogP contribution in [0.25, 0.3) is 0 Å². The fraction of sp³-hybridized carbons (Fsp3) is 0.533. The number of fused-ring (bicyclic) bond motifs is 1. The van der Waals surface area contributed by atoms with Gasteiger partial charge in [-0.3, -0.25) is 9.59 Å². The molecular formula is C30H39F3N4O4S. The molecule has 42 heavy (non-hydrogen) atoms. The molecule has 3 N–H and O–H groups in total. The molecular weight excluding hydrogens is 569 g/mol. The average molecular weight is 609 g/mol. The molecule has 0 saturated carbocycles. The molecule has 2 aromatic carbocycles. The van der Waals surface area contributed by atoms with Gasteiger partial charge in [0.1, 0.15) is 6.04 Å². The molecule has 2 amide bonds. The summed E-state index contributed by atoms with van der Waals surface area (Å²) >= 11 is 0. The zero-order valence-corrected chi connectivity index (χ0v) is 25.2. The summed E-state index contributed by atoms with van der Waals surface area (Å²) in [6.07, 6.45) is -2.99. The number of nitrogens with zero attached hydrogens (tertiary/aromatic N) is 2. The minimum atomic E-state index is -4.76. The number of hydrogen-bond acceptors (Lipinski definition) is 5. The van der Waals surface area contributed by atoms with Crippen molar-refractivity contribution >= 4 is 21.8 Å². The number of halogens is 3. The summed E-state index contributed by atoms with van der Waals surface area (Å²) in [6, 6.07) is 7.16. The normalized spacial score (nSPS) is 20.5. The van der Waals surface area contributed by atoms with E-state index in [2.05, 4.69) is 32.2 Å². The monoisotopic (exact) mass is 608 g/mol. The van der Waals surface area contributed by atoms with E-state index in [1.54, 1.807) is 4.90 Å². The quantitative estimate of drug-likeness (QED) is 0.464. The molecule has 2 aliphatic rings. The van der Waals surface area contributed by atoms with E-state index in [0.29, 0.717) is 19.0 Å². The minimum Gasteiger partial charge on any atom is -0.370 e. The molecule has 1 aliphatic carbocycles. The van der Waals surface area contributed by atoms with Crippen molar-refractivity contribution in [2.75, 3.05) is 19.6 Å². The van der Waals surface area contributed by atoms with Crippen molar-refractivity contribution in [3.63, 3.8) is 0 Å². The van der Waals surface area contributed by atoms with Crippen LogP contribution in [0, 0.1) is 12.3 Å². The Balaban J connectivity index is 1.61. The van der Waals surface area contributed by atoms with Crippen molar-refractivity contribution in [2.45, 2.75) is 83.1 Å². The Bertz CT molecular complexity index is 1450. The summed E-state index contributed by atoms with van der Waals surface area (Å²) in [7, 11) is -4.56. The van der Waals surface area contributed by atoms with E-state index in [1.165, 1.54) is 6.92 Å². The number of aryl methyl sites for hydroxylation is 2. The maximum absolute atomic E-state index is 13.9. The van der Waals surface area contributed by atoms with E-state index in [0.717, 1.165) is 52.5 Å². The Labute approximate surface area is 245 Å². The summed E-state index contributed by atoms with van der Waals surface area (Å²) in [5.41, 5.74) is 7.61. The van der Waals surface area contributed by atoms with Crippen LogP contribution in [0.2, 0.25) is 0 Å². The van der Waals surface area contributed by atoms with E-state index >= 15 is 0 Å². The molecule has 1 saturated heterocycles. The Morgan fingerprint density at radius 3 is 2.45 bits per heavy atom. The minimum absolute atomic E-state index is 0.0321. The van der Waals surface area contributed by atoms with Gasteiger partial charge in [-0.15, -0.1) is 0 Å². The van der Waals surface area contributed by atoms with Gasteiger partial charge in [-0.25, -0.2) is 8.42 Å². The van der Waals surface area contributed by atoms with Crippen molar-refractivity contribution in [3.05, 3.63) is 64.2 Å². The van der Waals surface area contributed by atoms with Crippen LogP contribution in [-0.2, 0) is 38.8 Å². The highest BCUT2D eigenvalue weighted by atomic mass is 32.2. The highest BCUT2D eigenvalue weighted by Gasteiger charge is 2.45. The molecule has 1 aliphatic heterocycles. The number of sulfonamides is 1. The molecule has 0 bridgehead atoms. The number of alkyl halides is 3. The molecule has 0 radical (unpaired) electrons. The topological polar surface area (TPSA) is 113 Å². The van der Waals surface area contributed by atoms with Gasteiger partial charge in [-0.05, 0) is 66.0 Å². The van der Waals surface area contributed by atoms with Gasteiger partial charge in [-0.1, -0.05) is 45.0 Å². The predicted molar refractivity (Wildman–Crippen MR) is 153 cm³/mol. The van der Waals surface area contributed by atoms with Crippen LogP contribution >= 0.6 is 0 Å². The maximum atomic E-state index is 13.9. The average Bonchev–Trinajstić information content (AvgIpc) is 2.88. The number of amides is 2. The number of rotatable bonds is 8. The first kappa shape index (κ1) is 32.0. The van der Waals surface area contributed by atoms with Crippen molar-refractivity contribution < 1.29 is 31.2 Å². The molecule has 2 atom stereocenters. The van der Waals surface area contributed by atoms with Crippen molar-refractivity contribution in [3.8, 4) is 0 Å². The Kier molecular flexibility index (Phi) is 9.11. The third-order valence-corrected chi connectivity index (χ3v) is 9.75. The molecule has 1 fully saturated rings. The van der Waals surface area contributed by atoms with E-state index in [1.807, 2.05) is 12.1 Å². The smallest absolute Gasteiger partial charge is 0.370 e. The summed E-state index contributed by atoms with van der Waals surface area (Å²) < 4.78 is 68.7. The second-order valence-electron chi connectivity index (χ2n) is 12.4. The van der Waals surface area contributed by atoms with E-state index < -0.39 is 50.9 Å². The van der Waals surface area contributed by atoms with Gasteiger partial charge in [-0.2, -0.15) is 17.5 Å².